The van der Waals surface area contributed by atoms with Crippen LogP contribution in [0.15, 0.2) is 36.4 Å². The summed E-state index contributed by atoms with van der Waals surface area (Å²) in [5.74, 6) is 1.44. The number of nitrogens with zero attached hydrogens (tertiary/aromatic N) is 3. The highest BCUT2D eigenvalue weighted by Crippen LogP contribution is 2.24. The van der Waals surface area contributed by atoms with Crippen LogP contribution in [-0.2, 0) is 10.0 Å². The molecule has 1 aromatic heterocycles. The second-order valence-corrected chi connectivity index (χ2v) is 8.43. The third-order valence-electron chi connectivity index (χ3n) is 4.60. The van der Waals surface area contributed by atoms with Crippen LogP contribution in [0, 0.1) is 5.92 Å². The Kier molecular flexibility index (Phi) is 4.55. The second-order valence-electron chi connectivity index (χ2n) is 6.34. The Morgan fingerprint density at radius 3 is 2.57 bits per heavy atom. The summed E-state index contributed by atoms with van der Waals surface area (Å²) in [6, 6.07) is 12.3. The first-order valence-electron chi connectivity index (χ1n) is 7.95. The Bertz CT molecular complexity index is 783. The summed E-state index contributed by atoms with van der Waals surface area (Å²) < 4.78 is 24.5. The Hall–Kier alpha value is -1.66. The van der Waals surface area contributed by atoms with Crippen molar-refractivity contribution < 1.29 is 8.42 Å². The van der Waals surface area contributed by atoms with E-state index in [0.29, 0.717) is 12.5 Å². The lowest BCUT2D eigenvalue weighted by atomic mass is 9.97. The maximum absolute atomic E-state index is 11.5. The van der Waals surface area contributed by atoms with Gasteiger partial charge in [-0.3, -0.25) is 0 Å². The van der Waals surface area contributed by atoms with E-state index in [9.17, 15) is 8.42 Å². The first-order chi connectivity index (χ1) is 10.9. The smallest absolute Gasteiger partial charge is 0.210 e. The van der Waals surface area contributed by atoms with Crippen LogP contribution in [0.5, 0.6) is 0 Å². The van der Waals surface area contributed by atoms with Crippen molar-refractivity contribution in [2.45, 2.75) is 12.8 Å². The summed E-state index contributed by atoms with van der Waals surface area (Å²) in [6.45, 7) is 2.46. The molecule has 1 aliphatic heterocycles. The van der Waals surface area contributed by atoms with Gasteiger partial charge in [-0.2, -0.15) is 0 Å². The lowest BCUT2D eigenvalue weighted by Gasteiger charge is -2.34. The van der Waals surface area contributed by atoms with E-state index in [0.717, 1.165) is 42.7 Å². The number of aromatic nitrogens is 1. The molecule has 1 aliphatic rings. The number of fused-ring (bicyclic) bond motifs is 1. The molecule has 1 fully saturated rings. The highest BCUT2D eigenvalue weighted by Gasteiger charge is 2.23. The molecule has 124 valence electrons. The molecule has 0 spiro atoms. The van der Waals surface area contributed by atoms with Gasteiger partial charge in [-0.05, 0) is 37.0 Å². The molecule has 23 heavy (non-hydrogen) atoms. The van der Waals surface area contributed by atoms with Crippen LogP contribution in [0.3, 0.4) is 0 Å². The van der Waals surface area contributed by atoms with E-state index in [2.05, 4.69) is 23.1 Å². The molecule has 1 aromatic carbocycles. The Labute approximate surface area is 138 Å². The number of benzene rings is 1. The molecule has 3 rings (SSSR count). The molecular formula is C17H23N3O2S. The summed E-state index contributed by atoms with van der Waals surface area (Å²) in [4.78, 5) is 7.04. The highest BCUT2D eigenvalue weighted by atomic mass is 32.2. The number of hydrogen-bond donors (Lipinski definition) is 0. The van der Waals surface area contributed by atoms with Gasteiger partial charge in [-0.1, -0.05) is 18.2 Å². The summed E-state index contributed by atoms with van der Waals surface area (Å²) in [6.07, 6.45) is 3.25. The van der Waals surface area contributed by atoms with Gasteiger partial charge >= 0.3 is 0 Å². The van der Waals surface area contributed by atoms with E-state index in [-0.39, 0.29) is 0 Å². The van der Waals surface area contributed by atoms with Crippen molar-refractivity contribution in [2.24, 2.45) is 5.92 Å². The number of piperidine rings is 1. The molecule has 0 aliphatic carbocycles. The van der Waals surface area contributed by atoms with Gasteiger partial charge in [-0.15, -0.1) is 0 Å². The van der Waals surface area contributed by atoms with Crippen LogP contribution in [0.4, 0.5) is 5.82 Å². The number of sulfonamides is 1. The van der Waals surface area contributed by atoms with Crippen LogP contribution < -0.4 is 4.90 Å². The molecule has 5 nitrogen and oxygen atoms in total. The number of rotatable bonds is 4. The van der Waals surface area contributed by atoms with Crippen LogP contribution in [0.1, 0.15) is 12.8 Å². The molecule has 0 amide bonds. The van der Waals surface area contributed by atoms with Gasteiger partial charge in [0.2, 0.25) is 10.0 Å². The van der Waals surface area contributed by atoms with E-state index >= 15 is 0 Å². The first-order valence-corrected chi connectivity index (χ1v) is 9.80. The lowest BCUT2D eigenvalue weighted by molar-refractivity contribution is 0.328. The van der Waals surface area contributed by atoms with E-state index in [4.69, 9.17) is 4.98 Å². The molecule has 0 saturated carbocycles. The number of hydrogen-bond acceptors (Lipinski definition) is 4. The van der Waals surface area contributed by atoms with Gasteiger partial charge in [0.15, 0.2) is 0 Å². The maximum Gasteiger partial charge on any atom is 0.210 e. The maximum atomic E-state index is 11.5. The summed E-state index contributed by atoms with van der Waals surface area (Å²) >= 11 is 0. The summed E-state index contributed by atoms with van der Waals surface area (Å²) in [5.41, 5.74) is 1.02. The van der Waals surface area contributed by atoms with Crippen molar-refractivity contribution in [3.8, 4) is 0 Å². The minimum atomic E-state index is -3.08. The third-order valence-corrected chi connectivity index (χ3v) is 5.89. The summed E-state index contributed by atoms with van der Waals surface area (Å²) in [5, 5.41) is 1.15. The lowest BCUT2D eigenvalue weighted by Crippen LogP contribution is -2.39. The van der Waals surface area contributed by atoms with E-state index in [1.54, 1.807) is 7.05 Å². The van der Waals surface area contributed by atoms with Gasteiger partial charge in [0.05, 0.1) is 11.8 Å². The number of anilines is 1. The van der Waals surface area contributed by atoms with Gasteiger partial charge in [-0.25, -0.2) is 17.7 Å². The van der Waals surface area contributed by atoms with Crippen LogP contribution in [0.2, 0.25) is 0 Å². The zero-order valence-electron chi connectivity index (χ0n) is 13.6. The largest absolute Gasteiger partial charge is 0.357 e. The third kappa shape index (κ3) is 3.82. The monoisotopic (exact) mass is 333 g/mol. The average Bonchev–Trinajstić information content (AvgIpc) is 2.54. The van der Waals surface area contributed by atoms with E-state index < -0.39 is 10.0 Å². The quantitative estimate of drug-likeness (QED) is 0.862. The first kappa shape index (κ1) is 16.2. The Balaban J connectivity index is 1.64. The Morgan fingerprint density at radius 2 is 1.87 bits per heavy atom. The molecule has 2 heterocycles. The predicted octanol–water partition coefficient (Wildman–Crippen LogP) is 2.34. The number of para-hydroxylation sites is 1. The zero-order valence-corrected chi connectivity index (χ0v) is 14.5. The van der Waals surface area contributed by atoms with Gasteiger partial charge < -0.3 is 4.90 Å². The Morgan fingerprint density at radius 1 is 1.17 bits per heavy atom. The highest BCUT2D eigenvalue weighted by molar-refractivity contribution is 7.88. The van der Waals surface area contributed by atoms with Crippen molar-refractivity contribution >= 4 is 26.7 Å². The van der Waals surface area contributed by atoms with Crippen molar-refractivity contribution in [3.63, 3.8) is 0 Å². The van der Waals surface area contributed by atoms with E-state index in [1.807, 2.05) is 18.2 Å². The second kappa shape index (κ2) is 6.45. The minimum Gasteiger partial charge on any atom is -0.357 e. The SMILES string of the molecule is CN(CC1CCN(c2ccc3ccccc3n2)CC1)S(C)(=O)=O. The molecule has 0 atom stereocenters. The summed E-state index contributed by atoms with van der Waals surface area (Å²) in [7, 11) is -1.43. The fourth-order valence-corrected chi connectivity index (χ4v) is 3.56. The standard InChI is InChI=1S/C17H23N3O2S/c1-19(23(2,21)22)13-14-9-11-20(12-10-14)17-8-7-15-5-3-4-6-16(15)18-17/h3-8,14H,9-13H2,1-2H3. The van der Waals surface area contributed by atoms with Gasteiger partial charge in [0.25, 0.3) is 0 Å². The predicted molar refractivity (Wildman–Crippen MR) is 94.2 cm³/mol. The van der Waals surface area contributed by atoms with Crippen LogP contribution >= 0.6 is 0 Å². The minimum absolute atomic E-state index is 0.423. The molecule has 6 heteroatoms. The van der Waals surface area contributed by atoms with Crippen molar-refractivity contribution in [2.75, 3.05) is 37.8 Å². The normalized spacial score (nSPS) is 17.1. The van der Waals surface area contributed by atoms with Crippen molar-refractivity contribution in [1.82, 2.24) is 9.29 Å². The van der Waals surface area contributed by atoms with Gasteiger partial charge in [0.1, 0.15) is 5.82 Å². The van der Waals surface area contributed by atoms with Crippen molar-refractivity contribution in [3.05, 3.63) is 36.4 Å². The molecule has 0 bridgehead atoms. The molecule has 1 saturated heterocycles. The molecule has 0 unspecified atom stereocenters. The van der Waals surface area contributed by atoms with E-state index in [1.165, 1.54) is 10.6 Å². The van der Waals surface area contributed by atoms with Crippen LogP contribution in [-0.4, -0.2) is 50.6 Å². The van der Waals surface area contributed by atoms with Crippen LogP contribution in [0.25, 0.3) is 10.9 Å². The molecular weight excluding hydrogens is 310 g/mol. The topological polar surface area (TPSA) is 53.5 Å². The number of pyridine rings is 1. The fourth-order valence-electron chi connectivity index (χ4n) is 3.08. The zero-order chi connectivity index (χ0) is 16.4. The molecule has 0 radical (unpaired) electrons. The van der Waals surface area contributed by atoms with Gasteiger partial charge in [0, 0.05) is 32.1 Å². The molecule has 2 aromatic rings. The average molecular weight is 333 g/mol. The fraction of sp³-hybridized carbons (Fsp3) is 0.471. The van der Waals surface area contributed by atoms with Crippen molar-refractivity contribution in [1.29, 1.82) is 0 Å². The molecule has 0 N–H and O–H groups in total.